The average molecular weight is 246 g/mol. The zero-order valence-electron chi connectivity index (χ0n) is 9.95. The third-order valence-electron chi connectivity index (χ3n) is 4.82. The molecule has 2 fully saturated rings. The van der Waals surface area contributed by atoms with Crippen LogP contribution in [-0.4, -0.2) is 27.1 Å². The second kappa shape index (κ2) is 3.29. The molecule has 5 heteroatoms. The predicted molar refractivity (Wildman–Crippen MR) is 59.4 cm³/mol. The Morgan fingerprint density at radius 1 is 1.44 bits per heavy atom. The van der Waals surface area contributed by atoms with Crippen molar-refractivity contribution in [3.05, 3.63) is 0 Å². The van der Waals surface area contributed by atoms with Gasteiger partial charge in [-0.05, 0) is 24.2 Å². The summed E-state index contributed by atoms with van der Waals surface area (Å²) in [5.41, 5.74) is -0.914. The maximum absolute atomic E-state index is 12.0. The minimum atomic E-state index is -3.57. The average Bonchev–Trinajstić information content (AvgIpc) is 2.51. The second-order valence-corrected chi connectivity index (χ2v) is 7.27. The van der Waals surface area contributed by atoms with E-state index < -0.39 is 15.5 Å². The Morgan fingerprint density at radius 3 is 2.44 bits per heavy atom. The van der Waals surface area contributed by atoms with Gasteiger partial charge in [-0.2, -0.15) is 8.42 Å². The highest BCUT2D eigenvalue weighted by Gasteiger charge is 2.65. The van der Waals surface area contributed by atoms with Crippen molar-refractivity contribution in [3.63, 3.8) is 0 Å². The van der Waals surface area contributed by atoms with Crippen LogP contribution >= 0.6 is 0 Å². The largest absolute Gasteiger partial charge is 0.299 e. The molecular weight excluding hydrogens is 228 g/mol. The van der Waals surface area contributed by atoms with Crippen molar-refractivity contribution < 1.29 is 17.4 Å². The molecule has 0 heterocycles. The van der Waals surface area contributed by atoms with E-state index in [0.29, 0.717) is 18.8 Å². The highest BCUT2D eigenvalue weighted by atomic mass is 32.2. The lowest BCUT2D eigenvalue weighted by Crippen LogP contribution is -2.42. The van der Waals surface area contributed by atoms with Gasteiger partial charge in [0.2, 0.25) is 0 Å². The van der Waals surface area contributed by atoms with Gasteiger partial charge in [0, 0.05) is 6.42 Å². The first kappa shape index (κ1) is 12.0. The van der Waals surface area contributed by atoms with Crippen LogP contribution in [0.2, 0.25) is 0 Å². The number of rotatable bonds is 3. The van der Waals surface area contributed by atoms with Crippen molar-refractivity contribution in [2.45, 2.75) is 33.1 Å². The van der Waals surface area contributed by atoms with E-state index in [1.54, 1.807) is 0 Å². The molecule has 0 amide bonds. The third-order valence-corrected chi connectivity index (χ3v) is 6.17. The summed E-state index contributed by atoms with van der Waals surface area (Å²) < 4.78 is 27.7. The van der Waals surface area contributed by atoms with Gasteiger partial charge in [-0.3, -0.25) is 8.98 Å². The lowest BCUT2D eigenvalue weighted by atomic mass is 9.70. The number of ketones is 1. The Kier molecular flexibility index (Phi) is 2.48. The van der Waals surface area contributed by atoms with Crippen LogP contribution in [0, 0.1) is 16.7 Å². The van der Waals surface area contributed by atoms with E-state index in [2.05, 4.69) is 4.18 Å². The summed E-state index contributed by atoms with van der Waals surface area (Å²) in [5, 5.41) is 0. The van der Waals surface area contributed by atoms with Gasteiger partial charge in [0.15, 0.2) is 0 Å². The molecule has 2 saturated carbocycles. The van der Waals surface area contributed by atoms with Crippen molar-refractivity contribution in [3.8, 4) is 0 Å². The minimum Gasteiger partial charge on any atom is -0.299 e. The molecule has 2 aliphatic rings. The smallest absolute Gasteiger partial charge is 0.268 e. The first-order valence-corrected chi connectivity index (χ1v) is 7.14. The molecule has 0 aromatic rings. The number of hydrogen-bond donors (Lipinski definition) is 0. The SMILES string of the molecule is COS(=O)(=O)C[C@@]12CCC(CC1=O)C2(C)C. The Morgan fingerprint density at radius 2 is 2.06 bits per heavy atom. The summed E-state index contributed by atoms with van der Waals surface area (Å²) in [6.07, 6.45) is 2.18. The second-order valence-electron chi connectivity index (χ2n) is 5.54. The standard InChI is InChI=1S/C11H18O4S/c1-10(2)8-4-5-11(10,9(12)6-8)7-16(13,14)15-3/h8H,4-7H2,1-3H3/t8?,11-/m0/s1. The van der Waals surface area contributed by atoms with Gasteiger partial charge in [0.05, 0.1) is 18.3 Å². The molecule has 2 aliphatic carbocycles. The van der Waals surface area contributed by atoms with Crippen LogP contribution in [0.25, 0.3) is 0 Å². The molecule has 0 spiro atoms. The van der Waals surface area contributed by atoms with Gasteiger partial charge in [-0.15, -0.1) is 0 Å². The first-order valence-electron chi connectivity index (χ1n) is 5.57. The van der Waals surface area contributed by atoms with Gasteiger partial charge < -0.3 is 0 Å². The molecule has 92 valence electrons. The Hall–Kier alpha value is -0.420. The van der Waals surface area contributed by atoms with E-state index in [0.717, 1.165) is 13.5 Å². The number of fused-ring (bicyclic) bond motifs is 2. The Balaban J connectivity index is 2.40. The molecule has 0 aliphatic heterocycles. The summed E-state index contributed by atoms with van der Waals surface area (Å²) in [7, 11) is -2.41. The molecule has 4 nitrogen and oxygen atoms in total. The first-order chi connectivity index (χ1) is 7.25. The maximum atomic E-state index is 12.0. The van der Waals surface area contributed by atoms with Gasteiger partial charge in [0.1, 0.15) is 5.78 Å². The fourth-order valence-corrected chi connectivity index (χ4v) is 4.87. The minimum absolute atomic E-state index is 0.106. The molecular formula is C11H18O4S. The van der Waals surface area contributed by atoms with Crippen molar-refractivity contribution >= 4 is 15.9 Å². The van der Waals surface area contributed by atoms with E-state index >= 15 is 0 Å². The van der Waals surface area contributed by atoms with Gasteiger partial charge in [-0.25, -0.2) is 0 Å². The topological polar surface area (TPSA) is 60.4 Å². The number of hydrogen-bond acceptors (Lipinski definition) is 4. The molecule has 0 saturated heterocycles. The zero-order valence-corrected chi connectivity index (χ0v) is 10.8. The van der Waals surface area contributed by atoms with Crippen LogP contribution in [0.1, 0.15) is 33.1 Å². The highest BCUT2D eigenvalue weighted by molar-refractivity contribution is 7.86. The molecule has 1 unspecified atom stereocenters. The van der Waals surface area contributed by atoms with Gasteiger partial charge in [0.25, 0.3) is 10.1 Å². The number of carbonyl (C=O) groups excluding carboxylic acids is 1. The third kappa shape index (κ3) is 1.37. The highest BCUT2D eigenvalue weighted by Crippen LogP contribution is 2.64. The molecule has 0 aromatic carbocycles. The normalized spacial score (nSPS) is 36.9. The van der Waals surface area contributed by atoms with Crippen molar-refractivity contribution in [1.82, 2.24) is 0 Å². The van der Waals surface area contributed by atoms with E-state index in [1.165, 1.54) is 0 Å². The molecule has 0 radical (unpaired) electrons. The van der Waals surface area contributed by atoms with E-state index in [-0.39, 0.29) is 17.0 Å². The molecule has 2 atom stereocenters. The molecule has 2 bridgehead atoms. The number of Topliss-reactive ketones (excluding diaryl/α,β-unsaturated/α-hetero) is 1. The van der Waals surface area contributed by atoms with Crippen LogP contribution in [-0.2, 0) is 19.1 Å². The summed E-state index contributed by atoms with van der Waals surface area (Å²) in [6.45, 7) is 4.03. The Bertz CT molecular complexity index is 423. The monoisotopic (exact) mass is 246 g/mol. The quantitative estimate of drug-likeness (QED) is 0.705. The van der Waals surface area contributed by atoms with E-state index in [1.807, 2.05) is 13.8 Å². The van der Waals surface area contributed by atoms with Crippen molar-refractivity contribution in [2.75, 3.05) is 12.9 Å². The lowest BCUT2D eigenvalue weighted by molar-refractivity contribution is -0.128. The molecule has 2 rings (SSSR count). The molecule has 16 heavy (non-hydrogen) atoms. The van der Waals surface area contributed by atoms with E-state index in [9.17, 15) is 13.2 Å². The Labute approximate surface area is 96.5 Å². The summed E-state index contributed by atoms with van der Waals surface area (Å²) in [5.74, 6) is 0.292. The van der Waals surface area contributed by atoms with E-state index in [4.69, 9.17) is 0 Å². The van der Waals surface area contributed by atoms with Crippen LogP contribution in [0.4, 0.5) is 0 Å². The zero-order chi connectivity index (χ0) is 12.2. The summed E-state index contributed by atoms with van der Waals surface area (Å²) in [6, 6.07) is 0. The maximum Gasteiger partial charge on any atom is 0.268 e. The van der Waals surface area contributed by atoms with Gasteiger partial charge in [-0.1, -0.05) is 13.8 Å². The predicted octanol–water partition coefficient (Wildman–Crippen LogP) is 1.36. The molecule has 0 N–H and O–H groups in total. The molecule has 0 aromatic heterocycles. The van der Waals surface area contributed by atoms with Crippen molar-refractivity contribution in [1.29, 1.82) is 0 Å². The fraction of sp³-hybridized carbons (Fsp3) is 0.909. The summed E-state index contributed by atoms with van der Waals surface area (Å²) >= 11 is 0. The lowest BCUT2D eigenvalue weighted by Gasteiger charge is -2.35. The van der Waals surface area contributed by atoms with Crippen LogP contribution in [0.15, 0.2) is 0 Å². The van der Waals surface area contributed by atoms with Gasteiger partial charge >= 0.3 is 0 Å². The van der Waals surface area contributed by atoms with Crippen molar-refractivity contribution in [2.24, 2.45) is 16.7 Å². The van der Waals surface area contributed by atoms with Crippen LogP contribution in [0.5, 0.6) is 0 Å². The van der Waals surface area contributed by atoms with Crippen LogP contribution < -0.4 is 0 Å². The van der Waals surface area contributed by atoms with Crippen LogP contribution in [0.3, 0.4) is 0 Å². The summed E-state index contributed by atoms with van der Waals surface area (Å²) in [4.78, 5) is 12.0. The fourth-order valence-electron chi connectivity index (χ4n) is 3.47. The number of carbonyl (C=O) groups is 1.